The van der Waals surface area contributed by atoms with E-state index in [0.717, 1.165) is 25.2 Å². The molecule has 9 atom stereocenters. The summed E-state index contributed by atoms with van der Waals surface area (Å²) >= 11 is 0. The van der Waals surface area contributed by atoms with E-state index in [1.54, 1.807) is 0 Å². The average molecular weight is 443 g/mol. The fraction of sp³-hybridized carbons (Fsp3) is 0.867. The molecule has 0 aromatic rings. The Morgan fingerprint density at radius 3 is 2.22 bits per heavy atom. The molecule has 0 spiro atoms. The van der Waals surface area contributed by atoms with Gasteiger partial charge >= 0.3 is 0 Å². The summed E-state index contributed by atoms with van der Waals surface area (Å²) in [6.07, 6.45) is 14.6. The van der Waals surface area contributed by atoms with Crippen LogP contribution in [0.2, 0.25) is 0 Å². The van der Waals surface area contributed by atoms with E-state index in [9.17, 15) is 10.2 Å². The molecule has 32 heavy (non-hydrogen) atoms. The van der Waals surface area contributed by atoms with E-state index in [0.29, 0.717) is 46.8 Å². The molecular formula is C30H50O2. The Bertz CT molecular complexity index is 727. The van der Waals surface area contributed by atoms with Crippen LogP contribution in [0.1, 0.15) is 93.4 Å². The topological polar surface area (TPSA) is 40.5 Å². The molecule has 2 heteroatoms. The minimum absolute atomic E-state index is 0.190. The fourth-order valence-corrected chi connectivity index (χ4v) is 9.19. The van der Waals surface area contributed by atoms with Gasteiger partial charge in [0.2, 0.25) is 0 Å². The van der Waals surface area contributed by atoms with Crippen molar-refractivity contribution in [2.75, 3.05) is 0 Å². The zero-order valence-corrected chi connectivity index (χ0v) is 21.8. The van der Waals surface area contributed by atoms with Crippen LogP contribution in [0.4, 0.5) is 0 Å². The van der Waals surface area contributed by atoms with Gasteiger partial charge in [0, 0.05) is 0 Å². The van der Waals surface area contributed by atoms with Crippen LogP contribution >= 0.6 is 0 Å². The Morgan fingerprint density at radius 2 is 1.56 bits per heavy atom. The van der Waals surface area contributed by atoms with Gasteiger partial charge in [0.05, 0.1) is 12.2 Å². The summed E-state index contributed by atoms with van der Waals surface area (Å²) in [5.74, 6) is 4.98. The highest BCUT2D eigenvalue weighted by atomic mass is 16.3. The maximum absolute atomic E-state index is 11.4. The maximum Gasteiger partial charge on any atom is 0.0757 e. The minimum atomic E-state index is -0.325. The van der Waals surface area contributed by atoms with Gasteiger partial charge in [0.15, 0.2) is 0 Å². The van der Waals surface area contributed by atoms with Gasteiger partial charge in [0.25, 0.3) is 0 Å². The third-order valence-corrected chi connectivity index (χ3v) is 11.0. The Balaban J connectivity index is 1.56. The number of hydrogen-bond donors (Lipinski definition) is 2. The van der Waals surface area contributed by atoms with Crippen molar-refractivity contribution in [2.45, 2.75) is 106 Å². The van der Waals surface area contributed by atoms with Gasteiger partial charge in [0.1, 0.15) is 0 Å². The zero-order chi connectivity index (χ0) is 23.4. The van der Waals surface area contributed by atoms with E-state index < -0.39 is 0 Å². The van der Waals surface area contributed by atoms with Crippen LogP contribution in [0.5, 0.6) is 0 Å². The van der Waals surface area contributed by atoms with Crippen molar-refractivity contribution in [1.29, 1.82) is 0 Å². The number of rotatable bonds is 5. The smallest absolute Gasteiger partial charge is 0.0757 e. The summed E-state index contributed by atoms with van der Waals surface area (Å²) in [5.41, 5.74) is 1.89. The molecule has 0 aromatic carbocycles. The lowest BCUT2D eigenvalue weighted by atomic mass is 9.46. The molecule has 0 heterocycles. The lowest BCUT2D eigenvalue weighted by Crippen LogP contribution is -2.54. The van der Waals surface area contributed by atoms with Gasteiger partial charge < -0.3 is 10.2 Å². The summed E-state index contributed by atoms with van der Waals surface area (Å²) in [6.45, 7) is 16.9. The van der Waals surface area contributed by atoms with E-state index in [1.807, 2.05) is 0 Å². The lowest BCUT2D eigenvalue weighted by molar-refractivity contribution is -0.0950. The molecular weight excluding hydrogens is 392 g/mol. The molecule has 3 saturated carbocycles. The van der Waals surface area contributed by atoms with E-state index in [1.165, 1.54) is 31.3 Å². The number of aliphatic hydroxyl groups is 2. The maximum atomic E-state index is 11.4. The summed E-state index contributed by atoms with van der Waals surface area (Å²) in [5, 5.41) is 21.6. The van der Waals surface area contributed by atoms with Crippen molar-refractivity contribution < 1.29 is 10.2 Å². The molecule has 0 aliphatic heterocycles. The molecule has 0 bridgehead atoms. The van der Waals surface area contributed by atoms with Crippen molar-refractivity contribution in [3.05, 3.63) is 23.8 Å². The molecule has 4 rings (SSSR count). The molecule has 3 fully saturated rings. The quantitative estimate of drug-likeness (QED) is 0.449. The van der Waals surface area contributed by atoms with Crippen molar-refractivity contribution >= 4 is 0 Å². The van der Waals surface area contributed by atoms with Crippen LogP contribution in [0, 0.1) is 58.2 Å². The summed E-state index contributed by atoms with van der Waals surface area (Å²) < 4.78 is 0. The van der Waals surface area contributed by atoms with Crippen molar-refractivity contribution in [1.82, 2.24) is 0 Å². The molecule has 182 valence electrons. The number of fused-ring (bicyclic) bond motifs is 5. The molecule has 5 unspecified atom stereocenters. The second-order valence-corrected chi connectivity index (χ2v) is 13.3. The van der Waals surface area contributed by atoms with Crippen LogP contribution in [-0.4, -0.2) is 22.4 Å². The van der Waals surface area contributed by atoms with Gasteiger partial charge in [-0.25, -0.2) is 0 Å². The third kappa shape index (κ3) is 3.96. The molecule has 4 aliphatic rings. The normalized spacial score (nSPS) is 45.2. The summed E-state index contributed by atoms with van der Waals surface area (Å²) in [6, 6.07) is 0. The Labute approximate surface area is 198 Å². The standard InChI is InChI=1S/C30H50O2/c1-18(2)23(19(3)4)9-8-20(5)24-10-11-25-28-26(13-15-30(24,25)7)29(6)14-12-22(31)16-21(29)17-27(28)32/h8-9,17-20,22-28,31-32H,10-16H2,1-7H3/b9-8+/t20?,22-,24?,25?,26?,27+,28?,29-,30+/m0/s1. The number of hydrogen-bond acceptors (Lipinski definition) is 2. The van der Waals surface area contributed by atoms with Crippen molar-refractivity contribution in [3.63, 3.8) is 0 Å². The Hall–Kier alpha value is -0.600. The molecule has 2 N–H and O–H groups in total. The van der Waals surface area contributed by atoms with Gasteiger partial charge in [-0.1, -0.05) is 72.3 Å². The first-order valence-corrected chi connectivity index (χ1v) is 13.7. The number of aliphatic hydroxyl groups excluding tert-OH is 2. The monoisotopic (exact) mass is 442 g/mol. The van der Waals surface area contributed by atoms with E-state index in [4.69, 9.17) is 0 Å². The SMILES string of the molecule is CC(C)C(/C=C/C(C)C1CCC2C3C(CC[C@]12C)[C@@]1(C)CC[C@H](O)CC1=C[C@H]3O)C(C)C. The molecule has 0 aromatic heterocycles. The van der Waals surface area contributed by atoms with Crippen LogP contribution in [-0.2, 0) is 0 Å². The predicted molar refractivity (Wildman–Crippen MR) is 134 cm³/mol. The van der Waals surface area contributed by atoms with Crippen LogP contribution in [0.3, 0.4) is 0 Å². The predicted octanol–water partition coefficient (Wildman–Crippen LogP) is 7.02. The van der Waals surface area contributed by atoms with Crippen LogP contribution in [0.25, 0.3) is 0 Å². The molecule has 0 radical (unpaired) electrons. The molecule has 2 nitrogen and oxygen atoms in total. The average Bonchev–Trinajstić information content (AvgIpc) is 3.06. The van der Waals surface area contributed by atoms with E-state index in [2.05, 4.69) is 66.7 Å². The highest BCUT2D eigenvalue weighted by Gasteiger charge is 2.61. The largest absolute Gasteiger partial charge is 0.393 e. The van der Waals surface area contributed by atoms with E-state index >= 15 is 0 Å². The Morgan fingerprint density at radius 1 is 0.875 bits per heavy atom. The second kappa shape index (κ2) is 8.88. The van der Waals surface area contributed by atoms with Crippen LogP contribution in [0.15, 0.2) is 23.8 Å². The van der Waals surface area contributed by atoms with Gasteiger partial charge in [-0.15, -0.1) is 0 Å². The van der Waals surface area contributed by atoms with Crippen molar-refractivity contribution in [3.8, 4) is 0 Å². The van der Waals surface area contributed by atoms with Crippen LogP contribution < -0.4 is 0 Å². The minimum Gasteiger partial charge on any atom is -0.393 e. The molecule has 0 saturated heterocycles. The molecule has 0 amide bonds. The van der Waals surface area contributed by atoms with Gasteiger partial charge in [-0.05, 0) is 103 Å². The highest BCUT2D eigenvalue weighted by molar-refractivity contribution is 5.28. The molecule has 4 aliphatic carbocycles. The lowest BCUT2D eigenvalue weighted by Gasteiger charge is -2.59. The number of allylic oxidation sites excluding steroid dienone is 2. The first-order valence-electron chi connectivity index (χ1n) is 13.7. The highest BCUT2D eigenvalue weighted by Crippen LogP contribution is 2.67. The fourth-order valence-electron chi connectivity index (χ4n) is 9.19. The Kier molecular flexibility index (Phi) is 6.80. The summed E-state index contributed by atoms with van der Waals surface area (Å²) in [4.78, 5) is 0. The van der Waals surface area contributed by atoms with E-state index in [-0.39, 0.29) is 17.6 Å². The van der Waals surface area contributed by atoms with Gasteiger partial charge in [-0.2, -0.15) is 0 Å². The summed E-state index contributed by atoms with van der Waals surface area (Å²) in [7, 11) is 0. The van der Waals surface area contributed by atoms with Crippen molar-refractivity contribution in [2.24, 2.45) is 58.2 Å². The first kappa shape index (κ1) is 24.5. The van der Waals surface area contributed by atoms with Gasteiger partial charge in [-0.3, -0.25) is 0 Å². The third-order valence-electron chi connectivity index (χ3n) is 11.0. The second-order valence-electron chi connectivity index (χ2n) is 13.3. The zero-order valence-electron chi connectivity index (χ0n) is 21.8. The first-order chi connectivity index (χ1) is 15.0.